The standard InChI is InChI=1S/C12H15F3N2O3/c1-7(2)9(11(19)16-6-12(13,14)15)17-10(18)8-4-3-5-20-8/h3-5,7,9H,6H2,1-2H3,(H,16,19)(H,17,18). The van der Waals surface area contributed by atoms with Crippen LogP contribution in [0.15, 0.2) is 22.8 Å². The molecule has 8 heteroatoms. The van der Waals surface area contributed by atoms with Crippen LogP contribution >= 0.6 is 0 Å². The zero-order chi connectivity index (χ0) is 15.3. The summed E-state index contributed by atoms with van der Waals surface area (Å²) in [5.74, 6) is -1.94. The third kappa shape index (κ3) is 4.94. The highest BCUT2D eigenvalue weighted by atomic mass is 19.4. The molecule has 0 bridgehead atoms. The Morgan fingerprint density at radius 1 is 1.35 bits per heavy atom. The average Bonchev–Trinajstić information content (AvgIpc) is 2.85. The maximum Gasteiger partial charge on any atom is 0.405 e. The van der Waals surface area contributed by atoms with Gasteiger partial charge in [-0.3, -0.25) is 9.59 Å². The molecule has 0 fully saturated rings. The zero-order valence-electron chi connectivity index (χ0n) is 11.0. The number of amides is 2. The number of hydrogen-bond donors (Lipinski definition) is 2. The molecule has 0 saturated carbocycles. The van der Waals surface area contributed by atoms with Crippen molar-refractivity contribution in [2.75, 3.05) is 6.54 Å². The Hall–Kier alpha value is -1.99. The van der Waals surface area contributed by atoms with Gasteiger partial charge in [-0.1, -0.05) is 13.8 Å². The van der Waals surface area contributed by atoms with Crippen molar-refractivity contribution in [1.82, 2.24) is 10.6 Å². The normalized spacial score (nSPS) is 13.1. The Labute approximate surface area is 113 Å². The molecule has 0 aliphatic rings. The van der Waals surface area contributed by atoms with Crippen LogP contribution in [0.4, 0.5) is 13.2 Å². The molecule has 0 radical (unpaired) electrons. The molecule has 0 aromatic carbocycles. The van der Waals surface area contributed by atoms with Crippen molar-refractivity contribution >= 4 is 11.8 Å². The van der Waals surface area contributed by atoms with Crippen molar-refractivity contribution in [3.63, 3.8) is 0 Å². The molecule has 0 spiro atoms. The van der Waals surface area contributed by atoms with Crippen LogP contribution in [0.25, 0.3) is 0 Å². The van der Waals surface area contributed by atoms with Crippen molar-refractivity contribution in [3.8, 4) is 0 Å². The first-order chi connectivity index (χ1) is 9.20. The van der Waals surface area contributed by atoms with E-state index in [9.17, 15) is 22.8 Å². The van der Waals surface area contributed by atoms with Gasteiger partial charge in [0.2, 0.25) is 5.91 Å². The van der Waals surface area contributed by atoms with Crippen molar-refractivity contribution in [3.05, 3.63) is 24.2 Å². The highest BCUT2D eigenvalue weighted by Gasteiger charge is 2.31. The molecule has 1 aromatic heterocycles. The maximum absolute atomic E-state index is 12.0. The molecule has 0 aliphatic carbocycles. The fraction of sp³-hybridized carbons (Fsp3) is 0.500. The number of nitrogens with one attached hydrogen (secondary N) is 2. The van der Waals surface area contributed by atoms with Crippen LogP contribution in [0.1, 0.15) is 24.4 Å². The predicted molar refractivity (Wildman–Crippen MR) is 63.9 cm³/mol. The van der Waals surface area contributed by atoms with Gasteiger partial charge in [-0.2, -0.15) is 13.2 Å². The van der Waals surface area contributed by atoms with Crippen LogP contribution in [0, 0.1) is 5.92 Å². The van der Waals surface area contributed by atoms with E-state index >= 15 is 0 Å². The second-order valence-electron chi connectivity index (χ2n) is 4.51. The summed E-state index contributed by atoms with van der Waals surface area (Å²) >= 11 is 0. The molecule has 1 unspecified atom stereocenters. The highest BCUT2D eigenvalue weighted by molar-refractivity contribution is 5.95. The summed E-state index contributed by atoms with van der Waals surface area (Å²) in [4.78, 5) is 23.4. The van der Waals surface area contributed by atoms with E-state index in [1.807, 2.05) is 0 Å². The lowest BCUT2D eigenvalue weighted by molar-refractivity contribution is -0.140. The van der Waals surface area contributed by atoms with E-state index in [2.05, 4.69) is 5.32 Å². The molecule has 5 nitrogen and oxygen atoms in total. The van der Waals surface area contributed by atoms with Gasteiger partial charge in [-0.25, -0.2) is 0 Å². The minimum absolute atomic E-state index is 0.0146. The number of carbonyl (C=O) groups excluding carboxylic acids is 2. The van der Waals surface area contributed by atoms with Gasteiger partial charge in [0.05, 0.1) is 6.26 Å². The van der Waals surface area contributed by atoms with Crippen molar-refractivity contribution in [2.45, 2.75) is 26.1 Å². The zero-order valence-corrected chi connectivity index (χ0v) is 11.0. The maximum atomic E-state index is 12.0. The summed E-state index contributed by atoms with van der Waals surface area (Å²) in [5, 5.41) is 4.09. The SMILES string of the molecule is CC(C)C(NC(=O)c1ccco1)C(=O)NCC(F)(F)F. The summed E-state index contributed by atoms with van der Waals surface area (Å²) in [6.07, 6.45) is -3.22. The summed E-state index contributed by atoms with van der Waals surface area (Å²) in [6, 6.07) is 1.80. The van der Waals surface area contributed by atoms with E-state index in [1.54, 1.807) is 19.2 Å². The van der Waals surface area contributed by atoms with Crippen molar-refractivity contribution in [1.29, 1.82) is 0 Å². The Kier molecular flexibility index (Phi) is 5.18. The third-order valence-corrected chi connectivity index (χ3v) is 2.44. The van der Waals surface area contributed by atoms with E-state index in [1.165, 1.54) is 18.4 Å². The van der Waals surface area contributed by atoms with Crippen LogP contribution in [0.2, 0.25) is 0 Å². The number of carbonyl (C=O) groups is 2. The molecule has 0 saturated heterocycles. The van der Waals surface area contributed by atoms with Gasteiger partial charge in [0.25, 0.3) is 5.91 Å². The molecule has 1 heterocycles. The first kappa shape index (κ1) is 16.1. The monoisotopic (exact) mass is 292 g/mol. The summed E-state index contributed by atoms with van der Waals surface area (Å²) in [7, 11) is 0. The van der Waals surface area contributed by atoms with Gasteiger partial charge in [-0.05, 0) is 18.1 Å². The summed E-state index contributed by atoms with van der Waals surface area (Å²) in [6.45, 7) is 1.78. The molecule has 1 atom stereocenters. The first-order valence-corrected chi connectivity index (χ1v) is 5.89. The molecule has 20 heavy (non-hydrogen) atoms. The van der Waals surface area contributed by atoms with Crippen LogP contribution < -0.4 is 10.6 Å². The van der Waals surface area contributed by atoms with E-state index in [4.69, 9.17) is 4.42 Å². The minimum Gasteiger partial charge on any atom is -0.459 e. The molecular formula is C12H15F3N2O3. The molecule has 1 rings (SSSR count). The summed E-state index contributed by atoms with van der Waals surface area (Å²) in [5.41, 5.74) is 0. The van der Waals surface area contributed by atoms with E-state index in [0.29, 0.717) is 0 Å². The number of rotatable bonds is 5. The Morgan fingerprint density at radius 3 is 2.45 bits per heavy atom. The minimum atomic E-state index is -4.50. The fourth-order valence-corrected chi connectivity index (χ4v) is 1.45. The lowest BCUT2D eigenvalue weighted by atomic mass is 10.0. The lowest BCUT2D eigenvalue weighted by Gasteiger charge is -2.21. The van der Waals surface area contributed by atoms with Crippen LogP contribution in [-0.2, 0) is 4.79 Å². The van der Waals surface area contributed by atoms with Gasteiger partial charge in [0, 0.05) is 0 Å². The second kappa shape index (κ2) is 6.44. The Morgan fingerprint density at radius 2 is 2.00 bits per heavy atom. The summed E-state index contributed by atoms with van der Waals surface area (Å²) < 4.78 is 41.0. The van der Waals surface area contributed by atoms with Gasteiger partial charge in [0.15, 0.2) is 5.76 Å². The fourth-order valence-electron chi connectivity index (χ4n) is 1.45. The topological polar surface area (TPSA) is 71.3 Å². The van der Waals surface area contributed by atoms with E-state index in [-0.39, 0.29) is 11.7 Å². The molecule has 1 aromatic rings. The lowest BCUT2D eigenvalue weighted by Crippen LogP contribution is -2.51. The molecule has 2 N–H and O–H groups in total. The van der Waals surface area contributed by atoms with Crippen LogP contribution in [-0.4, -0.2) is 30.6 Å². The number of furan rings is 1. The van der Waals surface area contributed by atoms with Gasteiger partial charge in [-0.15, -0.1) is 0 Å². The van der Waals surface area contributed by atoms with Gasteiger partial charge >= 0.3 is 6.18 Å². The van der Waals surface area contributed by atoms with Crippen molar-refractivity contribution < 1.29 is 27.2 Å². The first-order valence-electron chi connectivity index (χ1n) is 5.89. The number of hydrogen-bond acceptors (Lipinski definition) is 3. The van der Waals surface area contributed by atoms with Gasteiger partial charge < -0.3 is 15.1 Å². The molecular weight excluding hydrogens is 277 g/mol. The predicted octanol–water partition coefficient (Wildman–Crippen LogP) is 1.71. The molecule has 0 aliphatic heterocycles. The van der Waals surface area contributed by atoms with Crippen LogP contribution in [0.3, 0.4) is 0 Å². The Balaban J connectivity index is 2.65. The quantitative estimate of drug-likeness (QED) is 0.868. The van der Waals surface area contributed by atoms with Crippen LogP contribution in [0.5, 0.6) is 0 Å². The smallest absolute Gasteiger partial charge is 0.405 e. The van der Waals surface area contributed by atoms with Crippen molar-refractivity contribution in [2.24, 2.45) is 5.92 Å². The third-order valence-electron chi connectivity index (χ3n) is 2.44. The molecule has 112 valence electrons. The number of alkyl halides is 3. The Bertz CT molecular complexity index is 455. The number of halogens is 3. The highest BCUT2D eigenvalue weighted by Crippen LogP contribution is 2.13. The van der Waals surface area contributed by atoms with E-state index < -0.39 is 30.6 Å². The van der Waals surface area contributed by atoms with Gasteiger partial charge in [0.1, 0.15) is 12.6 Å². The molecule has 2 amide bonds. The largest absolute Gasteiger partial charge is 0.459 e. The van der Waals surface area contributed by atoms with E-state index in [0.717, 1.165) is 0 Å². The average molecular weight is 292 g/mol. The second-order valence-corrected chi connectivity index (χ2v) is 4.51.